The molecule has 1 aliphatic rings. The average Bonchev–Trinajstić information content (AvgIpc) is 3.05. The minimum Gasteiger partial charge on any atom is -0.480 e. The van der Waals surface area contributed by atoms with Gasteiger partial charge in [0.1, 0.15) is 6.04 Å². The summed E-state index contributed by atoms with van der Waals surface area (Å²) in [5.41, 5.74) is 1.34. The molecule has 1 saturated heterocycles. The fraction of sp³-hybridized carbons (Fsp3) is 0.250. The lowest BCUT2D eigenvalue weighted by Gasteiger charge is -2.20. The van der Waals surface area contributed by atoms with Gasteiger partial charge in [0.2, 0.25) is 0 Å². The Hall–Kier alpha value is -2.02. The molecule has 1 atom stereocenters. The van der Waals surface area contributed by atoms with E-state index >= 15 is 0 Å². The Balaban J connectivity index is 1.92. The molecule has 1 aromatic heterocycles. The number of hydrogen-bond donors (Lipinski definition) is 2. The maximum absolute atomic E-state index is 12.3. The molecule has 0 bridgehead atoms. The van der Waals surface area contributed by atoms with Crippen LogP contribution in [0.2, 0.25) is 0 Å². The Bertz CT molecular complexity index is 654. The number of nitrogens with zero attached hydrogens (tertiary/aromatic N) is 2. The Morgan fingerprint density at radius 2 is 2.32 bits per heavy atom. The maximum atomic E-state index is 12.3. The van der Waals surface area contributed by atoms with Gasteiger partial charge in [-0.25, -0.2) is 4.79 Å². The summed E-state index contributed by atoms with van der Waals surface area (Å²) in [6.07, 6.45) is 1.64. The Morgan fingerprint density at radius 1 is 1.47 bits per heavy atom. The molecule has 2 heterocycles. The highest BCUT2D eigenvalue weighted by Gasteiger charge is 2.34. The predicted molar refractivity (Wildman–Crippen MR) is 71.0 cm³/mol. The molecule has 1 aliphatic heterocycles. The van der Waals surface area contributed by atoms with E-state index in [4.69, 9.17) is 5.11 Å². The van der Waals surface area contributed by atoms with Crippen LogP contribution in [-0.2, 0) is 4.79 Å². The van der Waals surface area contributed by atoms with Gasteiger partial charge in [-0.3, -0.25) is 9.89 Å². The zero-order valence-corrected chi connectivity index (χ0v) is 10.7. The first-order valence-corrected chi connectivity index (χ1v) is 6.87. The number of carboxylic acid groups (broad SMARTS) is 1. The zero-order chi connectivity index (χ0) is 13.4. The van der Waals surface area contributed by atoms with Crippen molar-refractivity contribution in [3.63, 3.8) is 0 Å². The number of carboxylic acids is 1. The molecule has 6 nitrogen and oxygen atoms in total. The largest absolute Gasteiger partial charge is 0.480 e. The molecule has 19 heavy (non-hydrogen) atoms. The molecule has 0 radical (unpaired) electrons. The maximum Gasteiger partial charge on any atom is 0.327 e. The number of thioether (sulfide) groups is 1. The van der Waals surface area contributed by atoms with Crippen molar-refractivity contribution in [2.45, 2.75) is 6.04 Å². The lowest BCUT2D eigenvalue weighted by molar-refractivity contribution is -0.140. The van der Waals surface area contributed by atoms with Crippen LogP contribution in [0, 0.1) is 0 Å². The van der Waals surface area contributed by atoms with Crippen LogP contribution in [0.25, 0.3) is 10.9 Å². The second-order valence-electron chi connectivity index (χ2n) is 4.30. The van der Waals surface area contributed by atoms with Gasteiger partial charge in [0.15, 0.2) is 0 Å². The number of amides is 1. The molecule has 1 amide bonds. The fourth-order valence-corrected chi connectivity index (χ4v) is 3.23. The molecule has 2 aromatic rings. The summed E-state index contributed by atoms with van der Waals surface area (Å²) in [5, 5.41) is 16.6. The normalized spacial score (nSPS) is 18.9. The Labute approximate surface area is 112 Å². The lowest BCUT2D eigenvalue weighted by atomic mass is 10.1. The molecule has 1 aromatic carbocycles. The number of nitrogens with one attached hydrogen (secondary N) is 1. The van der Waals surface area contributed by atoms with Gasteiger partial charge < -0.3 is 10.0 Å². The first-order chi connectivity index (χ1) is 9.16. The van der Waals surface area contributed by atoms with Gasteiger partial charge in [-0.1, -0.05) is 0 Å². The summed E-state index contributed by atoms with van der Waals surface area (Å²) in [7, 11) is 0. The first-order valence-electron chi connectivity index (χ1n) is 5.71. The molecule has 0 spiro atoms. The molecule has 98 valence electrons. The molecule has 3 rings (SSSR count). The van der Waals surface area contributed by atoms with Crippen molar-refractivity contribution in [1.29, 1.82) is 0 Å². The lowest BCUT2D eigenvalue weighted by Crippen LogP contribution is -2.41. The monoisotopic (exact) mass is 277 g/mol. The number of aromatic amines is 1. The van der Waals surface area contributed by atoms with Crippen molar-refractivity contribution in [1.82, 2.24) is 15.1 Å². The fourth-order valence-electron chi connectivity index (χ4n) is 2.09. The summed E-state index contributed by atoms with van der Waals surface area (Å²) in [6.45, 7) is 0. The van der Waals surface area contributed by atoms with Gasteiger partial charge in [-0.15, -0.1) is 11.8 Å². The minimum absolute atomic E-state index is 0.250. The number of carbonyl (C=O) groups is 2. The summed E-state index contributed by atoms with van der Waals surface area (Å²) < 4.78 is 0. The number of rotatable bonds is 2. The molecule has 7 heteroatoms. The highest BCUT2D eigenvalue weighted by molar-refractivity contribution is 7.99. The van der Waals surface area contributed by atoms with Crippen LogP contribution in [0.4, 0.5) is 0 Å². The second-order valence-corrected chi connectivity index (χ2v) is 5.30. The molecular formula is C12H11N3O3S. The van der Waals surface area contributed by atoms with Gasteiger partial charge >= 0.3 is 5.97 Å². The van der Waals surface area contributed by atoms with Crippen molar-refractivity contribution < 1.29 is 14.7 Å². The Morgan fingerprint density at radius 3 is 3.11 bits per heavy atom. The van der Waals surface area contributed by atoms with Crippen LogP contribution < -0.4 is 0 Å². The van der Waals surface area contributed by atoms with Crippen molar-refractivity contribution in [2.75, 3.05) is 11.6 Å². The highest BCUT2D eigenvalue weighted by Crippen LogP contribution is 2.24. The molecule has 1 unspecified atom stereocenters. The third-order valence-corrected chi connectivity index (χ3v) is 4.13. The number of fused-ring (bicyclic) bond motifs is 1. The highest BCUT2D eigenvalue weighted by atomic mass is 32.2. The van der Waals surface area contributed by atoms with Gasteiger partial charge in [0, 0.05) is 16.7 Å². The van der Waals surface area contributed by atoms with E-state index in [1.807, 2.05) is 0 Å². The van der Waals surface area contributed by atoms with Crippen molar-refractivity contribution in [2.24, 2.45) is 0 Å². The van der Waals surface area contributed by atoms with Crippen molar-refractivity contribution in [3.05, 3.63) is 30.0 Å². The van der Waals surface area contributed by atoms with Crippen molar-refractivity contribution in [3.8, 4) is 0 Å². The van der Waals surface area contributed by atoms with Crippen LogP contribution in [0.1, 0.15) is 10.4 Å². The SMILES string of the molecule is O=C(O)C1CSCN1C(=O)c1ccc2[nH]ncc2c1. The van der Waals surface area contributed by atoms with E-state index in [1.54, 1.807) is 24.4 Å². The van der Waals surface area contributed by atoms with E-state index in [-0.39, 0.29) is 5.91 Å². The Kier molecular flexibility index (Phi) is 2.90. The summed E-state index contributed by atoms with van der Waals surface area (Å²) in [4.78, 5) is 24.8. The number of hydrogen-bond acceptors (Lipinski definition) is 4. The van der Waals surface area contributed by atoms with E-state index < -0.39 is 12.0 Å². The number of aliphatic carboxylic acids is 1. The van der Waals surface area contributed by atoms with E-state index in [1.165, 1.54) is 16.7 Å². The van der Waals surface area contributed by atoms with E-state index in [0.29, 0.717) is 17.2 Å². The second kappa shape index (κ2) is 4.58. The smallest absolute Gasteiger partial charge is 0.327 e. The van der Waals surface area contributed by atoms with Crippen LogP contribution in [0.5, 0.6) is 0 Å². The van der Waals surface area contributed by atoms with Gasteiger partial charge in [-0.05, 0) is 18.2 Å². The van der Waals surface area contributed by atoms with Crippen molar-refractivity contribution >= 4 is 34.5 Å². The van der Waals surface area contributed by atoms with E-state index in [2.05, 4.69) is 10.2 Å². The van der Waals surface area contributed by atoms with Crippen LogP contribution in [-0.4, -0.2) is 49.8 Å². The topological polar surface area (TPSA) is 86.3 Å². The van der Waals surface area contributed by atoms with E-state index in [0.717, 1.165) is 10.9 Å². The van der Waals surface area contributed by atoms with Gasteiger partial charge in [0.25, 0.3) is 5.91 Å². The third-order valence-electron chi connectivity index (χ3n) is 3.12. The summed E-state index contributed by atoms with van der Waals surface area (Å²) in [6, 6.07) is 4.44. The van der Waals surface area contributed by atoms with Gasteiger partial charge in [0.05, 0.1) is 17.6 Å². The minimum atomic E-state index is -0.956. The quantitative estimate of drug-likeness (QED) is 0.860. The summed E-state index contributed by atoms with van der Waals surface area (Å²) in [5.74, 6) is -0.350. The molecule has 2 N–H and O–H groups in total. The molecule has 0 saturated carbocycles. The molecule has 0 aliphatic carbocycles. The predicted octanol–water partition coefficient (Wildman–Crippen LogP) is 1.16. The number of H-pyrrole nitrogens is 1. The van der Waals surface area contributed by atoms with Crippen LogP contribution >= 0.6 is 11.8 Å². The molecular weight excluding hydrogens is 266 g/mol. The number of carbonyl (C=O) groups excluding carboxylic acids is 1. The number of benzene rings is 1. The summed E-state index contributed by atoms with van der Waals surface area (Å²) >= 11 is 1.45. The molecule has 1 fully saturated rings. The van der Waals surface area contributed by atoms with Gasteiger partial charge in [-0.2, -0.15) is 5.10 Å². The van der Waals surface area contributed by atoms with E-state index in [9.17, 15) is 9.59 Å². The third kappa shape index (κ3) is 2.06. The first kappa shape index (κ1) is 12.0. The van der Waals surface area contributed by atoms with Crippen LogP contribution in [0.3, 0.4) is 0 Å². The standard InChI is InChI=1S/C12H11N3O3S/c16-11(15-6-19-5-10(15)12(17)18)7-1-2-9-8(3-7)4-13-14-9/h1-4,10H,5-6H2,(H,13,14)(H,17,18). The van der Waals surface area contributed by atoms with Crippen LogP contribution in [0.15, 0.2) is 24.4 Å². The average molecular weight is 277 g/mol. The number of aromatic nitrogens is 2. The zero-order valence-electron chi connectivity index (χ0n) is 9.87.